The largest absolute Gasteiger partial charge is 0.393 e. The van der Waals surface area contributed by atoms with Gasteiger partial charge in [0.05, 0.1) is 11.7 Å². The van der Waals surface area contributed by atoms with Gasteiger partial charge in [-0.2, -0.15) is 0 Å². The molecule has 1 N–H and O–H groups in total. The van der Waals surface area contributed by atoms with Crippen molar-refractivity contribution in [3.63, 3.8) is 0 Å². The van der Waals surface area contributed by atoms with Crippen molar-refractivity contribution in [1.82, 2.24) is 0 Å². The van der Waals surface area contributed by atoms with Gasteiger partial charge in [-0.1, -0.05) is 20.3 Å². The summed E-state index contributed by atoms with van der Waals surface area (Å²) in [6, 6.07) is 0. The minimum atomic E-state index is -0.163. The fraction of sp³-hybridized carbons (Fsp3) is 1.00. The lowest BCUT2D eigenvalue weighted by molar-refractivity contribution is -0.162. The van der Waals surface area contributed by atoms with E-state index in [4.69, 9.17) is 9.47 Å². The average molecular weight is 242 g/mol. The minimum absolute atomic E-state index is 0.00953. The Morgan fingerprint density at radius 1 is 1.29 bits per heavy atom. The monoisotopic (exact) mass is 242 g/mol. The van der Waals surface area contributed by atoms with E-state index in [1.165, 1.54) is 0 Å². The normalized spacial score (nSPS) is 32.3. The lowest BCUT2D eigenvalue weighted by Crippen LogP contribution is -2.47. The maximum Gasteiger partial charge on any atom is 0.0730 e. The number of hydrogen-bond donors (Lipinski definition) is 1. The van der Waals surface area contributed by atoms with E-state index in [2.05, 4.69) is 13.8 Å². The summed E-state index contributed by atoms with van der Waals surface area (Å²) in [7, 11) is 0. The van der Waals surface area contributed by atoms with Crippen molar-refractivity contribution in [3.05, 3.63) is 0 Å². The molecule has 3 heteroatoms. The molecule has 0 amide bonds. The molecule has 2 rings (SSSR count). The minimum Gasteiger partial charge on any atom is -0.393 e. The Morgan fingerprint density at radius 2 is 2.00 bits per heavy atom. The zero-order chi connectivity index (χ0) is 12.3. The molecule has 0 aromatic heterocycles. The van der Waals surface area contributed by atoms with Crippen LogP contribution < -0.4 is 0 Å². The summed E-state index contributed by atoms with van der Waals surface area (Å²) in [6.45, 7) is 6.73. The molecular formula is C14H26O3. The second kappa shape index (κ2) is 5.68. The standard InChI is InChI=1S/C14H26O3/c1-3-11(2)13(15)12-4-7-17-14(10-12)5-8-16-9-6-14/h11-13,15H,3-10H2,1-2H3. The molecule has 2 saturated heterocycles. The first-order valence-corrected chi connectivity index (χ1v) is 7.06. The molecule has 0 aliphatic carbocycles. The molecule has 2 fully saturated rings. The van der Waals surface area contributed by atoms with Crippen LogP contribution in [0.15, 0.2) is 0 Å². The van der Waals surface area contributed by atoms with Crippen LogP contribution in [-0.4, -0.2) is 36.6 Å². The van der Waals surface area contributed by atoms with E-state index < -0.39 is 0 Å². The predicted octanol–water partition coefficient (Wildman–Crippen LogP) is 2.37. The summed E-state index contributed by atoms with van der Waals surface area (Å²) in [6.07, 6.45) is 4.90. The Morgan fingerprint density at radius 3 is 2.65 bits per heavy atom. The van der Waals surface area contributed by atoms with Crippen LogP contribution in [-0.2, 0) is 9.47 Å². The van der Waals surface area contributed by atoms with E-state index in [0.717, 1.165) is 51.9 Å². The van der Waals surface area contributed by atoms with Crippen LogP contribution in [0.25, 0.3) is 0 Å². The topological polar surface area (TPSA) is 38.7 Å². The highest BCUT2D eigenvalue weighted by molar-refractivity contribution is 4.91. The van der Waals surface area contributed by atoms with E-state index in [-0.39, 0.29) is 11.7 Å². The van der Waals surface area contributed by atoms with Crippen LogP contribution in [0.3, 0.4) is 0 Å². The predicted molar refractivity (Wildman–Crippen MR) is 66.9 cm³/mol. The number of aliphatic hydroxyl groups is 1. The van der Waals surface area contributed by atoms with E-state index in [1.54, 1.807) is 0 Å². The molecule has 1 spiro atoms. The molecule has 17 heavy (non-hydrogen) atoms. The van der Waals surface area contributed by atoms with Crippen molar-refractivity contribution >= 4 is 0 Å². The van der Waals surface area contributed by atoms with Gasteiger partial charge in [0.2, 0.25) is 0 Å². The van der Waals surface area contributed by atoms with E-state index in [0.29, 0.717) is 11.8 Å². The van der Waals surface area contributed by atoms with Gasteiger partial charge in [-0.3, -0.25) is 0 Å². The van der Waals surface area contributed by atoms with E-state index in [1.807, 2.05) is 0 Å². The molecule has 2 aliphatic rings. The molecule has 0 aromatic carbocycles. The Labute approximate surface area is 104 Å². The van der Waals surface area contributed by atoms with Gasteiger partial charge >= 0.3 is 0 Å². The molecule has 0 aromatic rings. The maximum atomic E-state index is 10.4. The van der Waals surface area contributed by atoms with Gasteiger partial charge < -0.3 is 14.6 Å². The lowest BCUT2D eigenvalue weighted by atomic mass is 9.76. The van der Waals surface area contributed by atoms with Crippen LogP contribution >= 0.6 is 0 Å². The molecule has 0 saturated carbocycles. The zero-order valence-corrected chi connectivity index (χ0v) is 11.2. The first-order chi connectivity index (χ1) is 8.17. The zero-order valence-electron chi connectivity index (χ0n) is 11.2. The van der Waals surface area contributed by atoms with Gasteiger partial charge in [-0.25, -0.2) is 0 Å². The summed E-state index contributed by atoms with van der Waals surface area (Å²) >= 11 is 0. The third-order valence-corrected chi connectivity index (χ3v) is 4.65. The Bertz CT molecular complexity index is 230. The quantitative estimate of drug-likeness (QED) is 0.825. The van der Waals surface area contributed by atoms with Gasteiger partial charge in [-0.15, -0.1) is 0 Å². The first-order valence-electron chi connectivity index (χ1n) is 7.06. The lowest BCUT2D eigenvalue weighted by Gasteiger charge is -2.45. The smallest absolute Gasteiger partial charge is 0.0730 e. The fourth-order valence-electron chi connectivity index (χ4n) is 3.16. The van der Waals surface area contributed by atoms with Crippen molar-refractivity contribution in [2.24, 2.45) is 11.8 Å². The van der Waals surface area contributed by atoms with Crippen molar-refractivity contribution in [1.29, 1.82) is 0 Å². The number of aliphatic hydroxyl groups excluding tert-OH is 1. The van der Waals surface area contributed by atoms with Gasteiger partial charge in [0.1, 0.15) is 0 Å². The summed E-state index contributed by atoms with van der Waals surface area (Å²) in [5.74, 6) is 0.812. The highest BCUT2D eigenvalue weighted by Crippen LogP contribution is 2.39. The third-order valence-electron chi connectivity index (χ3n) is 4.65. The van der Waals surface area contributed by atoms with Crippen LogP contribution in [0.4, 0.5) is 0 Å². The summed E-state index contributed by atoms with van der Waals surface area (Å²) in [5, 5.41) is 10.4. The van der Waals surface area contributed by atoms with Crippen LogP contribution in [0.1, 0.15) is 46.0 Å². The Kier molecular flexibility index (Phi) is 4.45. The number of ether oxygens (including phenoxy) is 2. The second-order valence-electron chi connectivity index (χ2n) is 5.77. The maximum absolute atomic E-state index is 10.4. The average Bonchev–Trinajstić information content (AvgIpc) is 2.38. The van der Waals surface area contributed by atoms with Crippen LogP contribution in [0, 0.1) is 11.8 Å². The molecular weight excluding hydrogens is 216 g/mol. The molecule has 3 atom stereocenters. The van der Waals surface area contributed by atoms with E-state index >= 15 is 0 Å². The molecule has 100 valence electrons. The van der Waals surface area contributed by atoms with Gasteiger partial charge in [0, 0.05) is 19.8 Å². The Balaban J connectivity index is 1.96. The highest BCUT2D eigenvalue weighted by atomic mass is 16.5. The van der Waals surface area contributed by atoms with Crippen molar-refractivity contribution in [2.75, 3.05) is 19.8 Å². The van der Waals surface area contributed by atoms with Crippen molar-refractivity contribution in [2.45, 2.75) is 57.7 Å². The third kappa shape index (κ3) is 3.01. The number of hydrogen-bond acceptors (Lipinski definition) is 3. The Hall–Kier alpha value is -0.120. The molecule has 2 heterocycles. The SMILES string of the molecule is CCC(C)C(O)C1CCOC2(CCOCC2)C1. The second-order valence-corrected chi connectivity index (χ2v) is 5.77. The summed E-state index contributed by atoms with van der Waals surface area (Å²) in [4.78, 5) is 0. The molecule has 0 radical (unpaired) electrons. The van der Waals surface area contributed by atoms with E-state index in [9.17, 15) is 5.11 Å². The molecule has 2 aliphatic heterocycles. The summed E-state index contributed by atoms with van der Waals surface area (Å²) < 4.78 is 11.4. The number of rotatable bonds is 3. The van der Waals surface area contributed by atoms with Crippen LogP contribution in [0.5, 0.6) is 0 Å². The summed E-state index contributed by atoms with van der Waals surface area (Å²) in [5.41, 5.74) is 0.00953. The highest BCUT2D eigenvalue weighted by Gasteiger charge is 2.41. The van der Waals surface area contributed by atoms with Gasteiger partial charge in [-0.05, 0) is 37.5 Å². The van der Waals surface area contributed by atoms with Crippen molar-refractivity contribution in [3.8, 4) is 0 Å². The first kappa shape index (κ1) is 13.3. The molecule has 3 unspecified atom stereocenters. The molecule has 3 nitrogen and oxygen atoms in total. The van der Waals surface area contributed by atoms with Gasteiger partial charge in [0.25, 0.3) is 0 Å². The fourth-order valence-corrected chi connectivity index (χ4v) is 3.16. The van der Waals surface area contributed by atoms with Gasteiger partial charge in [0.15, 0.2) is 0 Å². The molecule has 0 bridgehead atoms. The van der Waals surface area contributed by atoms with Crippen molar-refractivity contribution < 1.29 is 14.6 Å². The van der Waals surface area contributed by atoms with Crippen LogP contribution in [0.2, 0.25) is 0 Å².